The molecule has 0 aliphatic carbocycles. The van der Waals surface area contributed by atoms with E-state index in [0.29, 0.717) is 0 Å². The largest absolute Gasteiger partial charge is 0.497 e. The Morgan fingerprint density at radius 3 is 2.40 bits per heavy atom. The second kappa shape index (κ2) is 4.71. The highest BCUT2D eigenvalue weighted by molar-refractivity contribution is 5.31. The number of azide groups is 1. The van der Waals surface area contributed by atoms with Crippen molar-refractivity contribution in [1.82, 2.24) is 0 Å². The number of methoxy groups -OCH3 is 1. The fraction of sp³-hybridized carbons (Fsp3) is 0.455. The summed E-state index contributed by atoms with van der Waals surface area (Å²) in [6, 6.07) is 7.60. The van der Waals surface area contributed by atoms with Crippen molar-refractivity contribution in [3.63, 3.8) is 0 Å². The van der Waals surface area contributed by atoms with Crippen LogP contribution in [0.4, 0.5) is 0 Å². The van der Waals surface area contributed by atoms with Gasteiger partial charge in [0.25, 0.3) is 0 Å². The van der Waals surface area contributed by atoms with Crippen molar-refractivity contribution in [3.05, 3.63) is 40.3 Å². The molecule has 4 heteroatoms. The topological polar surface area (TPSA) is 58.0 Å². The Balaban J connectivity index is 3.07. The van der Waals surface area contributed by atoms with Gasteiger partial charge in [0.1, 0.15) is 5.75 Å². The van der Waals surface area contributed by atoms with Gasteiger partial charge in [0, 0.05) is 4.91 Å². The lowest BCUT2D eigenvalue weighted by Gasteiger charge is -2.22. The molecule has 4 nitrogen and oxygen atoms in total. The molecular formula is C11H15N3O. The highest BCUT2D eigenvalue weighted by atomic mass is 16.5. The van der Waals surface area contributed by atoms with Gasteiger partial charge in [-0.2, -0.15) is 0 Å². The summed E-state index contributed by atoms with van der Waals surface area (Å²) in [5.74, 6) is 0.804. The van der Waals surface area contributed by atoms with E-state index >= 15 is 0 Å². The van der Waals surface area contributed by atoms with Crippen LogP contribution in [0.15, 0.2) is 29.4 Å². The Hall–Kier alpha value is -1.67. The summed E-state index contributed by atoms with van der Waals surface area (Å²) in [5, 5.41) is 3.84. The van der Waals surface area contributed by atoms with Crippen LogP contribution in [0.1, 0.15) is 25.8 Å². The van der Waals surface area contributed by atoms with Crippen LogP contribution in [0.5, 0.6) is 5.75 Å². The lowest BCUT2D eigenvalue weighted by atomic mass is 9.90. The highest BCUT2D eigenvalue weighted by Crippen LogP contribution is 2.30. The van der Waals surface area contributed by atoms with Gasteiger partial charge in [-0.3, -0.25) is 0 Å². The predicted octanol–water partition coefficient (Wildman–Crippen LogP) is 3.63. The van der Waals surface area contributed by atoms with Crippen molar-refractivity contribution in [1.29, 1.82) is 0 Å². The van der Waals surface area contributed by atoms with Crippen LogP contribution in [0, 0.1) is 0 Å². The van der Waals surface area contributed by atoms with E-state index in [9.17, 15) is 0 Å². The van der Waals surface area contributed by atoms with E-state index < -0.39 is 5.54 Å². The van der Waals surface area contributed by atoms with Crippen molar-refractivity contribution in [2.45, 2.75) is 25.8 Å². The minimum absolute atomic E-state index is 0.471. The summed E-state index contributed by atoms with van der Waals surface area (Å²) >= 11 is 0. The Kier molecular flexibility index (Phi) is 3.58. The first-order chi connectivity index (χ1) is 7.16. The number of hydrogen-bond acceptors (Lipinski definition) is 2. The molecule has 0 aliphatic rings. The van der Waals surface area contributed by atoms with Gasteiger partial charge in [0.2, 0.25) is 0 Å². The fourth-order valence-corrected chi connectivity index (χ4v) is 1.38. The van der Waals surface area contributed by atoms with Crippen molar-refractivity contribution in [3.8, 4) is 5.75 Å². The van der Waals surface area contributed by atoms with Crippen molar-refractivity contribution in [2.75, 3.05) is 7.11 Å². The maximum atomic E-state index is 8.53. The first kappa shape index (κ1) is 11.4. The third kappa shape index (κ3) is 2.42. The molecule has 0 bridgehead atoms. The van der Waals surface area contributed by atoms with E-state index in [4.69, 9.17) is 10.3 Å². The molecule has 1 atom stereocenters. The van der Waals surface area contributed by atoms with E-state index in [1.807, 2.05) is 38.1 Å². The molecule has 0 saturated carbocycles. The van der Waals surface area contributed by atoms with Gasteiger partial charge in [0.15, 0.2) is 0 Å². The molecule has 0 spiro atoms. The second-order valence-corrected chi connectivity index (χ2v) is 3.55. The zero-order valence-electron chi connectivity index (χ0n) is 9.27. The molecule has 0 amide bonds. The van der Waals surface area contributed by atoms with Crippen LogP contribution in [0.2, 0.25) is 0 Å². The van der Waals surface area contributed by atoms with Gasteiger partial charge in [-0.25, -0.2) is 0 Å². The zero-order valence-corrected chi connectivity index (χ0v) is 9.27. The number of ether oxygens (including phenoxy) is 1. The second-order valence-electron chi connectivity index (χ2n) is 3.55. The molecule has 1 aromatic rings. The maximum Gasteiger partial charge on any atom is 0.118 e. The Morgan fingerprint density at radius 1 is 1.40 bits per heavy atom. The SMILES string of the molecule is CCC(C)(N=[N+]=[N-])c1ccc(OC)cc1. The molecule has 1 rings (SSSR count). The minimum Gasteiger partial charge on any atom is -0.497 e. The lowest BCUT2D eigenvalue weighted by molar-refractivity contribution is 0.413. The normalized spacial score (nSPS) is 13.8. The van der Waals surface area contributed by atoms with Gasteiger partial charge < -0.3 is 4.74 Å². The first-order valence-electron chi connectivity index (χ1n) is 4.87. The molecule has 0 aliphatic heterocycles. The molecule has 0 radical (unpaired) electrons. The Bertz CT molecular complexity index is 368. The van der Waals surface area contributed by atoms with Crippen molar-refractivity contribution in [2.24, 2.45) is 5.11 Å². The summed E-state index contributed by atoms with van der Waals surface area (Å²) < 4.78 is 5.07. The quantitative estimate of drug-likeness (QED) is 0.420. The number of hydrogen-bond donors (Lipinski definition) is 0. The average Bonchev–Trinajstić information content (AvgIpc) is 2.29. The van der Waals surface area contributed by atoms with Crippen LogP contribution >= 0.6 is 0 Å². The van der Waals surface area contributed by atoms with Crippen LogP contribution in [-0.4, -0.2) is 7.11 Å². The van der Waals surface area contributed by atoms with Gasteiger partial charge in [-0.05, 0) is 36.6 Å². The van der Waals surface area contributed by atoms with Crippen LogP contribution in [0.3, 0.4) is 0 Å². The first-order valence-corrected chi connectivity index (χ1v) is 4.87. The lowest BCUT2D eigenvalue weighted by Crippen LogP contribution is -2.16. The van der Waals surface area contributed by atoms with Crippen molar-refractivity contribution < 1.29 is 4.74 Å². The molecule has 0 aromatic heterocycles. The molecule has 0 N–H and O–H groups in total. The molecule has 1 aromatic carbocycles. The third-order valence-electron chi connectivity index (χ3n) is 2.67. The Morgan fingerprint density at radius 2 is 2.00 bits per heavy atom. The Labute approximate surface area is 89.5 Å². The highest BCUT2D eigenvalue weighted by Gasteiger charge is 2.22. The number of nitrogens with zero attached hydrogens (tertiary/aromatic N) is 3. The van der Waals surface area contributed by atoms with Crippen LogP contribution in [0.25, 0.3) is 10.4 Å². The smallest absolute Gasteiger partial charge is 0.118 e. The van der Waals surface area contributed by atoms with Gasteiger partial charge >= 0.3 is 0 Å². The predicted molar refractivity (Wildman–Crippen MR) is 59.8 cm³/mol. The fourth-order valence-electron chi connectivity index (χ4n) is 1.38. The van der Waals surface area contributed by atoms with E-state index in [1.54, 1.807) is 7.11 Å². The van der Waals surface area contributed by atoms with Gasteiger partial charge in [0.05, 0.1) is 12.6 Å². The van der Waals surface area contributed by atoms with E-state index in [2.05, 4.69) is 10.0 Å². The molecule has 0 heterocycles. The molecule has 0 saturated heterocycles. The summed E-state index contributed by atoms with van der Waals surface area (Å²) in [5.41, 5.74) is 9.06. The van der Waals surface area contributed by atoms with E-state index in [0.717, 1.165) is 17.7 Å². The van der Waals surface area contributed by atoms with Crippen LogP contribution < -0.4 is 4.74 Å². The molecule has 15 heavy (non-hydrogen) atoms. The van der Waals surface area contributed by atoms with Crippen molar-refractivity contribution >= 4 is 0 Å². The summed E-state index contributed by atoms with van der Waals surface area (Å²) in [7, 11) is 1.63. The zero-order chi connectivity index (χ0) is 11.3. The molecule has 0 fully saturated rings. The van der Waals surface area contributed by atoms with Gasteiger partial charge in [-0.15, -0.1) is 0 Å². The monoisotopic (exact) mass is 205 g/mol. The van der Waals surface area contributed by atoms with Crippen LogP contribution in [-0.2, 0) is 5.54 Å². The third-order valence-corrected chi connectivity index (χ3v) is 2.67. The summed E-state index contributed by atoms with van der Waals surface area (Å²) in [4.78, 5) is 2.89. The summed E-state index contributed by atoms with van der Waals surface area (Å²) in [6.07, 6.45) is 0.767. The van der Waals surface area contributed by atoms with E-state index in [1.165, 1.54) is 0 Å². The average molecular weight is 205 g/mol. The molecular weight excluding hydrogens is 190 g/mol. The summed E-state index contributed by atoms with van der Waals surface area (Å²) in [6.45, 7) is 3.92. The molecule has 1 unspecified atom stereocenters. The maximum absolute atomic E-state index is 8.53. The molecule has 80 valence electrons. The minimum atomic E-state index is -0.471. The number of benzene rings is 1. The van der Waals surface area contributed by atoms with Gasteiger partial charge in [-0.1, -0.05) is 24.2 Å². The number of rotatable bonds is 4. The van der Waals surface area contributed by atoms with E-state index in [-0.39, 0.29) is 0 Å². The standard InChI is InChI=1S/C11H15N3O/c1-4-11(2,13-14-12)9-5-7-10(15-3)8-6-9/h5-8H,4H2,1-3H3.